The molecule has 2 N–H and O–H groups in total. The molecule has 0 aliphatic rings. The van der Waals surface area contributed by atoms with Crippen LogP contribution in [0.5, 0.6) is 5.75 Å². The summed E-state index contributed by atoms with van der Waals surface area (Å²) < 4.78 is 32.5. The van der Waals surface area contributed by atoms with Gasteiger partial charge < -0.3 is 15.4 Å². The standard InChI is InChI=1S/C26H29N3O5S/c1-4-17-27-26(31)23-7-5-6-8-24(23)28-25(30)18-34-21-13-11-20(12-14-21)29(3)35(32,33)22-15-9-19(2)10-16-22/h5-16H,4,17-18H2,1-3H3,(H,27,31)(H,28,30). The summed E-state index contributed by atoms with van der Waals surface area (Å²) in [5.41, 5.74) is 2.19. The summed E-state index contributed by atoms with van der Waals surface area (Å²) in [5.74, 6) is -0.285. The van der Waals surface area contributed by atoms with Crippen molar-refractivity contribution in [2.75, 3.05) is 29.8 Å². The Morgan fingerprint density at radius 3 is 2.26 bits per heavy atom. The molecule has 3 aromatic carbocycles. The van der Waals surface area contributed by atoms with Crippen molar-refractivity contribution < 1.29 is 22.7 Å². The Balaban J connectivity index is 1.60. The normalized spacial score (nSPS) is 10.9. The number of aryl methyl sites for hydroxylation is 1. The fourth-order valence-corrected chi connectivity index (χ4v) is 4.41. The van der Waals surface area contributed by atoms with E-state index in [1.807, 2.05) is 13.8 Å². The van der Waals surface area contributed by atoms with Crippen molar-refractivity contribution in [2.24, 2.45) is 0 Å². The number of ether oxygens (including phenoxy) is 1. The minimum atomic E-state index is -3.70. The highest BCUT2D eigenvalue weighted by atomic mass is 32.2. The molecule has 0 radical (unpaired) electrons. The molecule has 0 saturated heterocycles. The topological polar surface area (TPSA) is 105 Å². The van der Waals surface area contributed by atoms with Crippen LogP contribution in [-0.4, -0.2) is 40.4 Å². The van der Waals surface area contributed by atoms with Crippen LogP contribution in [0.15, 0.2) is 77.7 Å². The molecule has 0 fully saturated rings. The first-order valence-electron chi connectivity index (χ1n) is 11.2. The van der Waals surface area contributed by atoms with Crippen LogP contribution >= 0.6 is 0 Å². The lowest BCUT2D eigenvalue weighted by atomic mass is 10.1. The summed E-state index contributed by atoms with van der Waals surface area (Å²) in [6.07, 6.45) is 0.806. The average molecular weight is 496 g/mol. The molecular formula is C26H29N3O5S. The van der Waals surface area contributed by atoms with Gasteiger partial charge in [0, 0.05) is 13.6 Å². The number of carbonyl (C=O) groups is 2. The van der Waals surface area contributed by atoms with Crippen molar-refractivity contribution in [3.63, 3.8) is 0 Å². The smallest absolute Gasteiger partial charge is 0.264 e. The molecule has 0 aliphatic carbocycles. The largest absolute Gasteiger partial charge is 0.484 e. The van der Waals surface area contributed by atoms with E-state index in [9.17, 15) is 18.0 Å². The lowest BCUT2D eigenvalue weighted by molar-refractivity contribution is -0.118. The Hall–Kier alpha value is -3.85. The number of amides is 2. The first-order chi connectivity index (χ1) is 16.7. The molecule has 0 atom stereocenters. The SMILES string of the molecule is CCCNC(=O)c1ccccc1NC(=O)COc1ccc(N(C)S(=O)(=O)c2ccc(C)cc2)cc1. The van der Waals surface area contributed by atoms with Crippen molar-refractivity contribution in [1.29, 1.82) is 0 Å². The predicted octanol–water partition coefficient (Wildman–Crippen LogP) is 3.98. The van der Waals surface area contributed by atoms with E-state index in [1.54, 1.807) is 72.8 Å². The number of para-hydroxylation sites is 1. The molecule has 0 bridgehead atoms. The first kappa shape index (κ1) is 25.8. The highest BCUT2D eigenvalue weighted by molar-refractivity contribution is 7.92. The third kappa shape index (κ3) is 6.60. The number of nitrogens with one attached hydrogen (secondary N) is 2. The van der Waals surface area contributed by atoms with Crippen LogP contribution in [0.2, 0.25) is 0 Å². The third-order valence-electron chi connectivity index (χ3n) is 5.23. The average Bonchev–Trinajstić information content (AvgIpc) is 2.86. The molecule has 3 rings (SSSR count). The number of hydrogen-bond donors (Lipinski definition) is 2. The lowest BCUT2D eigenvalue weighted by Gasteiger charge is -2.20. The summed E-state index contributed by atoms with van der Waals surface area (Å²) in [6, 6.07) is 19.8. The number of hydrogen-bond acceptors (Lipinski definition) is 5. The Labute approximate surface area is 206 Å². The van der Waals surface area contributed by atoms with Gasteiger partial charge in [-0.15, -0.1) is 0 Å². The molecule has 0 spiro atoms. The van der Waals surface area contributed by atoms with Gasteiger partial charge in [0.25, 0.3) is 21.8 Å². The zero-order valence-corrected chi connectivity index (χ0v) is 20.8. The Bertz CT molecular complexity index is 1270. The second-order valence-electron chi connectivity index (χ2n) is 7.92. The second kappa shape index (κ2) is 11.5. The summed E-state index contributed by atoms with van der Waals surface area (Å²) >= 11 is 0. The van der Waals surface area contributed by atoms with Gasteiger partial charge in [-0.05, 0) is 61.9 Å². The van der Waals surface area contributed by atoms with E-state index in [-0.39, 0.29) is 17.4 Å². The molecule has 0 aliphatic heterocycles. The third-order valence-corrected chi connectivity index (χ3v) is 7.03. The number of rotatable bonds is 10. The Morgan fingerprint density at radius 2 is 1.60 bits per heavy atom. The lowest BCUT2D eigenvalue weighted by Crippen LogP contribution is -2.27. The van der Waals surface area contributed by atoms with Crippen molar-refractivity contribution in [3.05, 3.63) is 83.9 Å². The quantitative estimate of drug-likeness (QED) is 0.443. The van der Waals surface area contributed by atoms with Gasteiger partial charge in [-0.1, -0.05) is 36.8 Å². The molecule has 0 saturated carbocycles. The number of benzene rings is 3. The van der Waals surface area contributed by atoms with Gasteiger partial charge in [0.2, 0.25) is 0 Å². The van der Waals surface area contributed by atoms with E-state index in [2.05, 4.69) is 10.6 Å². The molecule has 3 aromatic rings. The van der Waals surface area contributed by atoms with Crippen LogP contribution in [0.1, 0.15) is 29.3 Å². The van der Waals surface area contributed by atoms with E-state index in [1.165, 1.54) is 11.4 Å². The highest BCUT2D eigenvalue weighted by Crippen LogP contribution is 2.24. The maximum atomic E-state index is 12.9. The first-order valence-corrected chi connectivity index (χ1v) is 12.6. The van der Waals surface area contributed by atoms with Gasteiger partial charge in [0.15, 0.2) is 6.61 Å². The maximum absolute atomic E-state index is 12.9. The molecule has 2 amide bonds. The number of nitrogens with zero attached hydrogens (tertiary/aromatic N) is 1. The number of anilines is 2. The summed E-state index contributed by atoms with van der Waals surface area (Å²) in [6.45, 7) is 4.12. The monoisotopic (exact) mass is 495 g/mol. The number of sulfonamides is 1. The van der Waals surface area contributed by atoms with Crippen molar-refractivity contribution in [1.82, 2.24) is 5.32 Å². The fraction of sp³-hybridized carbons (Fsp3) is 0.231. The van der Waals surface area contributed by atoms with E-state index >= 15 is 0 Å². The molecule has 8 nitrogen and oxygen atoms in total. The predicted molar refractivity (Wildman–Crippen MR) is 136 cm³/mol. The molecule has 0 aromatic heterocycles. The van der Waals surface area contributed by atoms with Crippen molar-refractivity contribution in [2.45, 2.75) is 25.2 Å². The van der Waals surface area contributed by atoms with Gasteiger partial charge in [0.1, 0.15) is 5.75 Å². The van der Waals surface area contributed by atoms with Gasteiger partial charge in [-0.2, -0.15) is 0 Å². The summed E-state index contributed by atoms with van der Waals surface area (Å²) in [4.78, 5) is 24.9. The summed E-state index contributed by atoms with van der Waals surface area (Å²) in [7, 11) is -2.22. The Morgan fingerprint density at radius 1 is 0.943 bits per heavy atom. The van der Waals surface area contributed by atoms with Gasteiger partial charge in [-0.25, -0.2) is 8.42 Å². The zero-order valence-electron chi connectivity index (χ0n) is 19.9. The van der Waals surface area contributed by atoms with Gasteiger partial charge >= 0.3 is 0 Å². The summed E-state index contributed by atoms with van der Waals surface area (Å²) in [5, 5.41) is 5.49. The van der Waals surface area contributed by atoms with E-state index in [0.29, 0.717) is 29.2 Å². The van der Waals surface area contributed by atoms with E-state index < -0.39 is 15.9 Å². The van der Waals surface area contributed by atoms with Crippen LogP contribution in [0, 0.1) is 6.92 Å². The second-order valence-corrected chi connectivity index (χ2v) is 9.89. The van der Waals surface area contributed by atoms with Crippen LogP contribution < -0.4 is 19.7 Å². The molecule has 184 valence electrons. The van der Waals surface area contributed by atoms with E-state index in [0.717, 1.165) is 12.0 Å². The zero-order chi connectivity index (χ0) is 25.4. The highest BCUT2D eigenvalue weighted by Gasteiger charge is 2.21. The Kier molecular flexibility index (Phi) is 8.48. The van der Waals surface area contributed by atoms with Crippen LogP contribution in [0.25, 0.3) is 0 Å². The minimum absolute atomic E-state index is 0.200. The van der Waals surface area contributed by atoms with Crippen LogP contribution in [-0.2, 0) is 14.8 Å². The fourth-order valence-electron chi connectivity index (χ4n) is 3.22. The molecular weight excluding hydrogens is 466 g/mol. The van der Waals surface area contributed by atoms with Crippen molar-refractivity contribution >= 4 is 33.2 Å². The molecule has 9 heteroatoms. The maximum Gasteiger partial charge on any atom is 0.264 e. The molecule has 35 heavy (non-hydrogen) atoms. The van der Waals surface area contributed by atoms with E-state index in [4.69, 9.17) is 4.74 Å². The molecule has 0 heterocycles. The van der Waals surface area contributed by atoms with Crippen molar-refractivity contribution in [3.8, 4) is 5.75 Å². The van der Waals surface area contributed by atoms with Gasteiger partial charge in [-0.3, -0.25) is 13.9 Å². The minimum Gasteiger partial charge on any atom is -0.484 e. The number of carbonyl (C=O) groups excluding carboxylic acids is 2. The van der Waals surface area contributed by atoms with Gasteiger partial charge in [0.05, 0.1) is 21.8 Å². The van der Waals surface area contributed by atoms with Crippen LogP contribution in [0.4, 0.5) is 11.4 Å². The van der Waals surface area contributed by atoms with Crippen LogP contribution in [0.3, 0.4) is 0 Å². The molecule has 0 unspecified atom stereocenters.